The molecule has 0 aliphatic carbocycles. The van der Waals surface area contributed by atoms with Gasteiger partial charge < -0.3 is 5.11 Å². The van der Waals surface area contributed by atoms with Gasteiger partial charge in [-0.25, -0.2) is 4.79 Å². The molecule has 0 aromatic heterocycles. The fourth-order valence-electron chi connectivity index (χ4n) is 1.54. The van der Waals surface area contributed by atoms with Gasteiger partial charge in [-0.2, -0.15) is 0 Å². The quantitative estimate of drug-likeness (QED) is 0.495. The minimum Gasteiger partial charge on any atom is -0.465 e. The molecule has 1 N–H and O–H groups in total. The molecule has 0 saturated heterocycles. The molecule has 0 radical (unpaired) electrons. The lowest BCUT2D eigenvalue weighted by atomic mass is 10.1. The van der Waals surface area contributed by atoms with Crippen molar-refractivity contribution in [1.29, 1.82) is 0 Å². The third kappa shape index (κ3) is 3.09. The summed E-state index contributed by atoms with van der Waals surface area (Å²) in [5.74, 6) is 0. The smallest absolute Gasteiger partial charge is 0.412 e. The van der Waals surface area contributed by atoms with Crippen LogP contribution in [0.4, 0.5) is 16.2 Å². The molecule has 0 heterocycles. The SMILES string of the molecule is CC(C)(C)N(C(=O)O)c1ccc([N+](=O)[O-])cc1I. The van der Waals surface area contributed by atoms with Crippen LogP contribution < -0.4 is 4.90 Å². The standard InChI is InChI=1S/C11H13IN2O4/c1-11(2,3)13(10(15)16)9-5-4-7(14(17)18)6-8(9)12/h4-6H,1-3H3,(H,15,16). The maximum Gasteiger partial charge on any atom is 0.412 e. The van der Waals surface area contributed by atoms with Gasteiger partial charge in [0.2, 0.25) is 0 Å². The Morgan fingerprint density at radius 2 is 2.00 bits per heavy atom. The number of nitro groups is 1. The molecular weight excluding hydrogens is 351 g/mol. The van der Waals surface area contributed by atoms with Crippen molar-refractivity contribution in [3.63, 3.8) is 0 Å². The molecule has 1 aromatic carbocycles. The number of benzene rings is 1. The van der Waals surface area contributed by atoms with Crippen LogP contribution in [-0.4, -0.2) is 21.7 Å². The number of nitro benzene ring substituents is 1. The summed E-state index contributed by atoms with van der Waals surface area (Å²) in [6.07, 6.45) is -1.09. The van der Waals surface area contributed by atoms with Gasteiger partial charge >= 0.3 is 6.09 Å². The fraction of sp³-hybridized carbons (Fsp3) is 0.364. The Bertz CT molecular complexity index is 496. The summed E-state index contributed by atoms with van der Waals surface area (Å²) in [7, 11) is 0. The predicted octanol–water partition coefficient (Wildman–Crippen LogP) is 3.48. The first kappa shape index (κ1) is 14.7. The van der Waals surface area contributed by atoms with Crippen LogP contribution in [0.5, 0.6) is 0 Å². The van der Waals surface area contributed by atoms with Crippen molar-refractivity contribution in [2.24, 2.45) is 0 Å². The van der Waals surface area contributed by atoms with E-state index < -0.39 is 16.6 Å². The second-order valence-corrected chi connectivity index (χ2v) is 5.84. The maximum absolute atomic E-state index is 11.3. The fourth-order valence-corrected chi connectivity index (χ4v) is 2.28. The van der Waals surface area contributed by atoms with Gasteiger partial charge in [-0.3, -0.25) is 15.0 Å². The average Bonchev–Trinajstić information content (AvgIpc) is 2.17. The molecule has 1 rings (SSSR count). The lowest BCUT2D eigenvalue weighted by Gasteiger charge is -2.33. The van der Waals surface area contributed by atoms with Crippen LogP contribution in [0, 0.1) is 13.7 Å². The molecule has 98 valence electrons. The van der Waals surface area contributed by atoms with Crippen LogP contribution in [0.15, 0.2) is 18.2 Å². The normalized spacial score (nSPS) is 11.1. The summed E-state index contributed by atoms with van der Waals surface area (Å²) in [5, 5.41) is 19.9. The summed E-state index contributed by atoms with van der Waals surface area (Å²) in [5.41, 5.74) is -0.231. The molecule has 0 unspecified atom stereocenters. The summed E-state index contributed by atoms with van der Waals surface area (Å²) >= 11 is 1.90. The molecule has 0 saturated carbocycles. The molecule has 0 atom stereocenters. The van der Waals surface area contributed by atoms with E-state index in [9.17, 15) is 20.0 Å². The highest BCUT2D eigenvalue weighted by molar-refractivity contribution is 14.1. The van der Waals surface area contributed by atoms with Crippen LogP contribution in [0.25, 0.3) is 0 Å². The van der Waals surface area contributed by atoms with Gasteiger partial charge in [0.05, 0.1) is 10.6 Å². The number of hydrogen-bond acceptors (Lipinski definition) is 3. The Morgan fingerprint density at radius 3 is 2.33 bits per heavy atom. The highest BCUT2D eigenvalue weighted by Gasteiger charge is 2.29. The van der Waals surface area contributed by atoms with Gasteiger partial charge in [-0.1, -0.05) is 0 Å². The predicted molar refractivity (Wildman–Crippen MR) is 76.1 cm³/mol. The Labute approximate surface area is 118 Å². The van der Waals surface area contributed by atoms with Crippen LogP contribution in [-0.2, 0) is 0 Å². The van der Waals surface area contributed by atoms with Crippen molar-refractivity contribution in [2.45, 2.75) is 26.3 Å². The Hall–Kier alpha value is -1.38. The molecular formula is C11H13IN2O4. The monoisotopic (exact) mass is 364 g/mol. The molecule has 1 aromatic rings. The minimum absolute atomic E-state index is 0.0533. The number of nitrogens with zero attached hydrogens (tertiary/aromatic N) is 2. The van der Waals surface area contributed by atoms with Crippen molar-refractivity contribution in [1.82, 2.24) is 0 Å². The van der Waals surface area contributed by atoms with Gasteiger partial charge in [-0.15, -0.1) is 0 Å². The molecule has 0 bridgehead atoms. The average molecular weight is 364 g/mol. The number of halogens is 1. The lowest BCUT2D eigenvalue weighted by Crippen LogP contribution is -2.45. The number of carbonyl (C=O) groups is 1. The van der Waals surface area contributed by atoms with Gasteiger partial charge in [0.15, 0.2) is 0 Å². The number of non-ortho nitro benzene ring substituents is 1. The number of hydrogen-bond donors (Lipinski definition) is 1. The largest absolute Gasteiger partial charge is 0.465 e. The molecule has 1 amide bonds. The lowest BCUT2D eigenvalue weighted by molar-refractivity contribution is -0.384. The summed E-state index contributed by atoms with van der Waals surface area (Å²) in [6.45, 7) is 5.29. The molecule has 0 fully saturated rings. The van der Waals surface area contributed by atoms with Gasteiger partial charge in [-0.05, 0) is 49.4 Å². The first-order valence-electron chi connectivity index (χ1n) is 5.11. The minimum atomic E-state index is -1.09. The van der Waals surface area contributed by atoms with E-state index in [2.05, 4.69) is 0 Å². The van der Waals surface area contributed by atoms with E-state index in [1.807, 2.05) is 22.6 Å². The zero-order valence-electron chi connectivity index (χ0n) is 10.2. The summed E-state index contributed by atoms with van der Waals surface area (Å²) in [6, 6.07) is 4.12. The molecule has 0 spiro atoms. The van der Waals surface area contributed by atoms with Crippen molar-refractivity contribution in [3.8, 4) is 0 Å². The third-order valence-corrected chi connectivity index (χ3v) is 3.11. The molecule has 6 nitrogen and oxygen atoms in total. The van der Waals surface area contributed by atoms with E-state index in [0.717, 1.165) is 0 Å². The molecule has 0 aliphatic rings. The van der Waals surface area contributed by atoms with Crippen LogP contribution in [0.1, 0.15) is 20.8 Å². The Morgan fingerprint density at radius 1 is 1.44 bits per heavy atom. The zero-order valence-corrected chi connectivity index (χ0v) is 12.3. The van der Waals surface area contributed by atoms with Crippen molar-refractivity contribution in [3.05, 3.63) is 31.9 Å². The van der Waals surface area contributed by atoms with E-state index >= 15 is 0 Å². The number of amides is 1. The van der Waals surface area contributed by atoms with Crippen molar-refractivity contribution >= 4 is 40.1 Å². The van der Waals surface area contributed by atoms with E-state index in [0.29, 0.717) is 9.26 Å². The van der Waals surface area contributed by atoms with Crippen molar-refractivity contribution in [2.75, 3.05) is 4.90 Å². The topological polar surface area (TPSA) is 83.7 Å². The van der Waals surface area contributed by atoms with Gasteiger partial charge in [0.25, 0.3) is 5.69 Å². The molecule has 0 aliphatic heterocycles. The molecule has 7 heteroatoms. The second kappa shape index (κ2) is 5.09. The van der Waals surface area contributed by atoms with Gasteiger partial charge in [0.1, 0.15) is 0 Å². The zero-order chi connectivity index (χ0) is 14.1. The number of rotatable bonds is 2. The maximum atomic E-state index is 11.3. The van der Waals surface area contributed by atoms with Crippen molar-refractivity contribution < 1.29 is 14.8 Å². The summed E-state index contributed by atoms with van der Waals surface area (Å²) in [4.78, 5) is 22.6. The van der Waals surface area contributed by atoms with E-state index in [1.54, 1.807) is 20.8 Å². The van der Waals surface area contributed by atoms with Crippen LogP contribution in [0.2, 0.25) is 0 Å². The Kier molecular flexibility index (Phi) is 4.15. The number of carboxylic acid groups (broad SMARTS) is 1. The first-order chi connectivity index (χ1) is 8.14. The second-order valence-electron chi connectivity index (χ2n) is 4.68. The van der Waals surface area contributed by atoms with E-state index in [4.69, 9.17) is 0 Å². The van der Waals surface area contributed by atoms with E-state index in [-0.39, 0.29) is 5.69 Å². The van der Waals surface area contributed by atoms with E-state index in [1.165, 1.54) is 23.1 Å². The van der Waals surface area contributed by atoms with Crippen LogP contribution >= 0.6 is 22.6 Å². The number of anilines is 1. The van der Waals surface area contributed by atoms with Crippen LogP contribution in [0.3, 0.4) is 0 Å². The highest BCUT2D eigenvalue weighted by Crippen LogP contribution is 2.31. The first-order valence-corrected chi connectivity index (χ1v) is 6.19. The molecule has 18 heavy (non-hydrogen) atoms. The van der Waals surface area contributed by atoms with Gasteiger partial charge in [0, 0.05) is 21.2 Å². The Balaban J connectivity index is 3.31. The highest BCUT2D eigenvalue weighted by atomic mass is 127. The third-order valence-electron chi connectivity index (χ3n) is 2.25. The summed E-state index contributed by atoms with van der Waals surface area (Å²) < 4.78 is 0.527.